The molecule has 0 unspecified atom stereocenters. The highest BCUT2D eigenvalue weighted by Crippen LogP contribution is 2.52. The van der Waals surface area contributed by atoms with E-state index in [1.54, 1.807) is 30.3 Å². The van der Waals surface area contributed by atoms with Crippen molar-refractivity contribution in [1.82, 2.24) is 15.8 Å². The number of hydrazine groups is 1. The monoisotopic (exact) mass is 411 g/mol. The first-order chi connectivity index (χ1) is 14.4. The van der Waals surface area contributed by atoms with Crippen LogP contribution < -0.4 is 10.9 Å². The van der Waals surface area contributed by atoms with E-state index < -0.39 is 42.3 Å². The minimum Gasteiger partial charge on any atom is -0.454 e. The van der Waals surface area contributed by atoms with Crippen molar-refractivity contribution < 1.29 is 28.7 Å². The Labute approximate surface area is 172 Å². The molecule has 30 heavy (non-hydrogen) atoms. The third-order valence-corrected chi connectivity index (χ3v) is 5.93. The summed E-state index contributed by atoms with van der Waals surface area (Å²) in [6.07, 6.45) is 4.74. The number of ether oxygens (including phenoxy) is 1. The fraction of sp³-hybridized carbons (Fsp3) is 0.381. The molecule has 1 saturated carbocycles. The zero-order valence-corrected chi connectivity index (χ0v) is 16.2. The summed E-state index contributed by atoms with van der Waals surface area (Å²) in [4.78, 5) is 62.5. The first-order valence-corrected chi connectivity index (χ1v) is 9.74. The largest absolute Gasteiger partial charge is 0.454 e. The number of nitrogens with zero attached hydrogens (tertiary/aromatic N) is 1. The summed E-state index contributed by atoms with van der Waals surface area (Å²) >= 11 is 0. The number of carbonyl (C=O) groups excluding carboxylic acids is 5. The van der Waals surface area contributed by atoms with Crippen LogP contribution >= 0.6 is 0 Å². The Balaban J connectivity index is 1.27. The first kappa shape index (κ1) is 19.8. The van der Waals surface area contributed by atoms with E-state index in [2.05, 4.69) is 10.9 Å². The molecule has 2 fully saturated rings. The van der Waals surface area contributed by atoms with Gasteiger partial charge in [-0.25, -0.2) is 4.79 Å². The topological polar surface area (TPSA) is 122 Å². The maximum Gasteiger partial charge on any atom is 0.329 e. The molecule has 1 saturated heterocycles. The van der Waals surface area contributed by atoms with Gasteiger partial charge in [0, 0.05) is 5.56 Å². The Bertz CT molecular complexity index is 913. The molecule has 0 spiro atoms. The summed E-state index contributed by atoms with van der Waals surface area (Å²) in [5.41, 5.74) is 4.70. The van der Waals surface area contributed by atoms with E-state index in [4.69, 9.17) is 4.74 Å². The molecular weight excluding hydrogens is 390 g/mol. The summed E-state index contributed by atoms with van der Waals surface area (Å²) in [7, 11) is 0. The normalized spacial score (nSPS) is 27.0. The number of allylic oxidation sites excluding steroid dienone is 2. The molecule has 2 N–H and O–H groups in total. The van der Waals surface area contributed by atoms with E-state index in [0.29, 0.717) is 5.56 Å². The Kier molecular flexibility index (Phi) is 5.11. The number of rotatable bonds is 5. The van der Waals surface area contributed by atoms with Crippen molar-refractivity contribution in [2.45, 2.75) is 19.4 Å². The predicted molar refractivity (Wildman–Crippen MR) is 102 cm³/mol. The highest BCUT2D eigenvalue weighted by atomic mass is 16.5. The van der Waals surface area contributed by atoms with Crippen molar-refractivity contribution in [2.75, 3.05) is 6.61 Å². The van der Waals surface area contributed by atoms with Gasteiger partial charge in [0.2, 0.25) is 11.8 Å². The van der Waals surface area contributed by atoms with Crippen LogP contribution in [0.15, 0.2) is 42.5 Å². The Morgan fingerprint density at radius 2 is 1.63 bits per heavy atom. The van der Waals surface area contributed by atoms with Crippen LogP contribution in [-0.2, 0) is 23.9 Å². The van der Waals surface area contributed by atoms with Crippen LogP contribution in [0.25, 0.3) is 0 Å². The molecule has 1 aromatic rings. The van der Waals surface area contributed by atoms with Crippen molar-refractivity contribution >= 4 is 29.6 Å². The number of benzene rings is 1. The number of hydrogen-bond acceptors (Lipinski definition) is 6. The van der Waals surface area contributed by atoms with E-state index in [1.807, 2.05) is 12.2 Å². The van der Waals surface area contributed by atoms with Crippen LogP contribution in [-0.4, -0.2) is 47.1 Å². The summed E-state index contributed by atoms with van der Waals surface area (Å²) in [6, 6.07) is 7.13. The molecule has 1 aromatic carbocycles. The molecule has 0 aromatic heterocycles. The Morgan fingerprint density at radius 3 is 2.23 bits per heavy atom. The van der Waals surface area contributed by atoms with Gasteiger partial charge >= 0.3 is 5.97 Å². The lowest BCUT2D eigenvalue weighted by molar-refractivity contribution is -0.160. The van der Waals surface area contributed by atoms with Gasteiger partial charge in [-0.05, 0) is 37.3 Å². The minimum absolute atomic E-state index is 0.0451. The van der Waals surface area contributed by atoms with Gasteiger partial charge < -0.3 is 4.74 Å². The second-order valence-corrected chi connectivity index (χ2v) is 7.70. The lowest BCUT2D eigenvalue weighted by Crippen LogP contribution is -2.47. The summed E-state index contributed by atoms with van der Waals surface area (Å²) < 4.78 is 4.94. The van der Waals surface area contributed by atoms with E-state index in [-0.39, 0.29) is 23.7 Å². The molecule has 4 amide bonds. The molecule has 4 rings (SSSR count). The lowest BCUT2D eigenvalue weighted by atomic mass is 9.85. The summed E-state index contributed by atoms with van der Waals surface area (Å²) in [6.45, 7) is 0.748. The summed E-state index contributed by atoms with van der Waals surface area (Å²) in [5, 5.41) is 0. The van der Waals surface area contributed by atoms with E-state index in [0.717, 1.165) is 11.3 Å². The Hall–Kier alpha value is -3.49. The van der Waals surface area contributed by atoms with E-state index in [1.165, 1.54) is 6.92 Å². The van der Waals surface area contributed by atoms with Gasteiger partial charge in [-0.1, -0.05) is 30.4 Å². The van der Waals surface area contributed by atoms with Gasteiger partial charge in [-0.15, -0.1) is 0 Å². The van der Waals surface area contributed by atoms with Gasteiger partial charge in [0.25, 0.3) is 11.8 Å². The second kappa shape index (κ2) is 7.74. The highest BCUT2D eigenvalue weighted by molar-refractivity contribution is 6.09. The lowest BCUT2D eigenvalue weighted by Gasteiger charge is -2.23. The second-order valence-electron chi connectivity index (χ2n) is 7.70. The molecule has 1 aliphatic heterocycles. The zero-order valence-electron chi connectivity index (χ0n) is 16.2. The maximum absolute atomic E-state index is 12.7. The smallest absolute Gasteiger partial charge is 0.329 e. The molecule has 0 radical (unpaired) electrons. The molecule has 5 atom stereocenters. The third kappa shape index (κ3) is 3.36. The number of nitrogens with one attached hydrogen (secondary N) is 2. The number of carbonyl (C=O) groups is 5. The molecule has 9 heteroatoms. The maximum atomic E-state index is 12.7. The van der Waals surface area contributed by atoms with Crippen LogP contribution in [0.2, 0.25) is 0 Å². The van der Waals surface area contributed by atoms with Gasteiger partial charge in [0.05, 0.1) is 11.8 Å². The van der Waals surface area contributed by atoms with Crippen LogP contribution in [0, 0.1) is 23.7 Å². The van der Waals surface area contributed by atoms with Gasteiger partial charge in [0.15, 0.2) is 6.61 Å². The average Bonchev–Trinajstić information content (AvgIpc) is 3.44. The molecular formula is C21H21N3O6. The van der Waals surface area contributed by atoms with Crippen molar-refractivity contribution in [1.29, 1.82) is 0 Å². The van der Waals surface area contributed by atoms with Gasteiger partial charge in [-0.2, -0.15) is 0 Å². The molecule has 3 aliphatic rings. The highest BCUT2D eigenvalue weighted by Gasteiger charge is 2.60. The van der Waals surface area contributed by atoms with Gasteiger partial charge in [-0.3, -0.25) is 34.9 Å². The fourth-order valence-electron chi connectivity index (χ4n) is 4.49. The van der Waals surface area contributed by atoms with E-state index in [9.17, 15) is 24.0 Å². The number of imide groups is 1. The number of esters is 1. The SMILES string of the molecule is C[C@@H](C(=O)OCC(=O)NNC(=O)c1ccccc1)N1C(=O)[C@@H]2[C@H](C1=O)[C@H]1C=C[C@H]2C1. The third-order valence-electron chi connectivity index (χ3n) is 5.93. The van der Waals surface area contributed by atoms with Crippen LogP contribution in [0.1, 0.15) is 23.7 Å². The average molecular weight is 411 g/mol. The van der Waals surface area contributed by atoms with Crippen LogP contribution in [0.5, 0.6) is 0 Å². The van der Waals surface area contributed by atoms with Crippen molar-refractivity contribution in [3.63, 3.8) is 0 Å². The van der Waals surface area contributed by atoms with Gasteiger partial charge in [0.1, 0.15) is 6.04 Å². The number of hydrogen-bond donors (Lipinski definition) is 2. The van der Waals surface area contributed by atoms with Crippen LogP contribution in [0.3, 0.4) is 0 Å². The molecule has 2 aliphatic carbocycles. The molecule has 1 heterocycles. The van der Waals surface area contributed by atoms with E-state index >= 15 is 0 Å². The fourth-order valence-corrected chi connectivity index (χ4v) is 4.49. The number of fused-ring (bicyclic) bond motifs is 5. The Morgan fingerprint density at radius 1 is 1.03 bits per heavy atom. The van der Waals surface area contributed by atoms with Crippen molar-refractivity contribution in [3.05, 3.63) is 48.0 Å². The minimum atomic E-state index is -1.12. The standard InChI is InChI=1S/C21H21N3O6/c1-11(24-19(27)16-13-7-8-14(9-13)17(16)20(24)28)21(29)30-10-15(25)22-23-18(26)12-5-3-2-4-6-12/h2-8,11,13-14,16-17H,9-10H2,1H3,(H,22,25)(H,23,26)/t11-,13-,14-,16-,17+/m0/s1. The van der Waals surface area contributed by atoms with Crippen LogP contribution in [0.4, 0.5) is 0 Å². The van der Waals surface area contributed by atoms with Crippen molar-refractivity contribution in [2.24, 2.45) is 23.7 Å². The quantitative estimate of drug-likeness (QED) is 0.309. The predicted octanol–water partition coefficient (Wildman–Crippen LogP) is 0.186. The first-order valence-electron chi connectivity index (χ1n) is 9.74. The number of likely N-dealkylation sites (tertiary alicyclic amines) is 1. The molecule has 2 bridgehead atoms. The zero-order chi connectivity index (χ0) is 21.4. The number of amides is 4. The summed E-state index contributed by atoms with van der Waals surface area (Å²) in [5.74, 6) is -3.56. The molecule has 9 nitrogen and oxygen atoms in total. The molecule has 156 valence electrons. The van der Waals surface area contributed by atoms with Crippen molar-refractivity contribution in [3.8, 4) is 0 Å².